The number of nitriles is 1. The highest BCUT2D eigenvalue weighted by Gasteiger charge is 2.19. The molecule has 0 aliphatic rings. The maximum atomic E-state index is 12.8. The minimum atomic E-state index is -3.94. The van der Waals surface area contributed by atoms with Crippen LogP contribution in [0.4, 0.5) is 5.69 Å². The normalized spacial score (nSPS) is 11.4. The molecule has 0 unspecified atom stereocenters. The van der Waals surface area contributed by atoms with Crippen molar-refractivity contribution in [1.29, 1.82) is 5.26 Å². The van der Waals surface area contributed by atoms with Crippen molar-refractivity contribution in [2.24, 2.45) is 0 Å². The molecule has 0 aliphatic carbocycles. The van der Waals surface area contributed by atoms with Crippen LogP contribution in [0, 0.1) is 11.3 Å². The number of anilines is 1. The maximum Gasteiger partial charge on any atom is 0.266 e. The van der Waals surface area contributed by atoms with E-state index in [-0.39, 0.29) is 48.3 Å². The predicted octanol–water partition coefficient (Wildman–Crippen LogP) is 0.891. The summed E-state index contributed by atoms with van der Waals surface area (Å²) < 4.78 is 42.7. The minimum absolute atomic E-state index is 0.0332. The summed E-state index contributed by atoms with van der Waals surface area (Å²) in [5.41, 5.74) is 0.238. The number of amides is 1. The number of benzene rings is 2. The summed E-state index contributed by atoms with van der Waals surface area (Å²) >= 11 is 0. The quantitative estimate of drug-likeness (QED) is 0.249. The molecule has 0 bridgehead atoms. The third-order valence-corrected chi connectivity index (χ3v) is 5.80. The van der Waals surface area contributed by atoms with Crippen molar-refractivity contribution in [1.82, 2.24) is 4.72 Å². The zero-order valence-electron chi connectivity index (χ0n) is 18.6. The van der Waals surface area contributed by atoms with Crippen LogP contribution in [0.5, 0.6) is 17.2 Å². The number of carbonyl (C=O) groups is 1. The molecule has 2 aromatic carbocycles. The zero-order valence-corrected chi connectivity index (χ0v) is 19.4. The third-order valence-electron chi connectivity index (χ3n) is 4.35. The molecule has 0 aliphatic heterocycles. The van der Waals surface area contributed by atoms with Crippen LogP contribution in [-0.4, -0.2) is 65.1 Å². The molecule has 0 fully saturated rings. The van der Waals surface area contributed by atoms with E-state index in [0.29, 0.717) is 17.1 Å². The van der Waals surface area contributed by atoms with Crippen LogP contribution < -0.4 is 24.2 Å². The summed E-state index contributed by atoms with van der Waals surface area (Å²) in [5, 5.41) is 29.8. The Morgan fingerprint density at radius 2 is 1.76 bits per heavy atom. The Balaban J connectivity index is 2.33. The van der Waals surface area contributed by atoms with E-state index in [2.05, 4.69) is 10.0 Å². The predicted molar refractivity (Wildman–Crippen MR) is 123 cm³/mol. The van der Waals surface area contributed by atoms with Gasteiger partial charge >= 0.3 is 0 Å². The first-order valence-corrected chi connectivity index (χ1v) is 11.4. The second kappa shape index (κ2) is 12.6. The standard InChI is InChI=1S/C22H25N3O8S/c1-31-19-6-4-17(34(29,30)24-7-8-26)13-18(19)25-22(28)16(14-23)11-15-3-5-20(33-10-9-27)21(12-15)32-2/h3-6,11-13,24,26-27H,7-10H2,1-2H3,(H,25,28). The molecule has 0 saturated carbocycles. The third kappa shape index (κ3) is 6.93. The van der Waals surface area contributed by atoms with E-state index >= 15 is 0 Å². The molecule has 2 rings (SSSR count). The van der Waals surface area contributed by atoms with Gasteiger partial charge in [-0.3, -0.25) is 4.79 Å². The molecule has 2 aromatic rings. The van der Waals surface area contributed by atoms with Gasteiger partial charge in [-0.05, 0) is 42.0 Å². The summed E-state index contributed by atoms with van der Waals surface area (Å²) in [5.74, 6) is 0.112. The highest BCUT2D eigenvalue weighted by Crippen LogP contribution is 2.30. The number of hydrogen-bond acceptors (Lipinski definition) is 9. The monoisotopic (exact) mass is 491 g/mol. The van der Waals surface area contributed by atoms with E-state index in [1.807, 2.05) is 6.07 Å². The summed E-state index contributed by atoms with van der Waals surface area (Å²) in [6, 6.07) is 10.4. The average molecular weight is 492 g/mol. The lowest BCUT2D eigenvalue weighted by molar-refractivity contribution is -0.112. The molecule has 0 radical (unpaired) electrons. The van der Waals surface area contributed by atoms with Gasteiger partial charge in [-0.1, -0.05) is 6.07 Å². The summed E-state index contributed by atoms with van der Waals surface area (Å²) in [6.45, 7) is -0.657. The van der Waals surface area contributed by atoms with E-state index in [4.69, 9.17) is 24.4 Å². The van der Waals surface area contributed by atoms with Crippen molar-refractivity contribution < 1.29 is 37.6 Å². The fraction of sp³-hybridized carbons (Fsp3) is 0.273. The molecule has 34 heavy (non-hydrogen) atoms. The van der Waals surface area contributed by atoms with Gasteiger partial charge in [-0.25, -0.2) is 13.1 Å². The number of nitrogens with zero attached hydrogens (tertiary/aromatic N) is 1. The number of methoxy groups -OCH3 is 2. The molecule has 0 spiro atoms. The fourth-order valence-corrected chi connectivity index (χ4v) is 3.82. The molecule has 0 heterocycles. The van der Waals surface area contributed by atoms with Gasteiger partial charge in [0.2, 0.25) is 10.0 Å². The van der Waals surface area contributed by atoms with Crippen molar-refractivity contribution in [3.05, 3.63) is 47.5 Å². The van der Waals surface area contributed by atoms with Gasteiger partial charge in [0.15, 0.2) is 11.5 Å². The van der Waals surface area contributed by atoms with Gasteiger partial charge in [-0.2, -0.15) is 5.26 Å². The molecule has 0 aromatic heterocycles. The van der Waals surface area contributed by atoms with Crippen LogP contribution in [0.25, 0.3) is 6.08 Å². The van der Waals surface area contributed by atoms with Crippen molar-refractivity contribution in [3.8, 4) is 23.3 Å². The molecule has 1 amide bonds. The SMILES string of the molecule is COc1ccc(S(=O)(=O)NCCO)cc1NC(=O)C(C#N)=Cc1ccc(OCCO)c(OC)c1. The number of ether oxygens (including phenoxy) is 3. The van der Waals surface area contributed by atoms with Crippen molar-refractivity contribution in [3.63, 3.8) is 0 Å². The van der Waals surface area contributed by atoms with Crippen LogP contribution in [0.2, 0.25) is 0 Å². The number of rotatable bonds is 12. The molecular formula is C22H25N3O8S. The molecule has 11 nitrogen and oxygen atoms in total. The van der Waals surface area contributed by atoms with Gasteiger partial charge in [0.25, 0.3) is 5.91 Å². The second-order valence-corrected chi connectivity index (χ2v) is 8.36. The Kier molecular flexibility index (Phi) is 9.84. The Bertz CT molecular complexity index is 1190. The van der Waals surface area contributed by atoms with Gasteiger partial charge in [0.1, 0.15) is 24.0 Å². The number of nitrogens with one attached hydrogen (secondary N) is 2. The molecule has 0 atom stereocenters. The van der Waals surface area contributed by atoms with Crippen molar-refractivity contribution in [2.75, 3.05) is 45.9 Å². The first kappa shape index (κ1) is 26.6. The lowest BCUT2D eigenvalue weighted by Crippen LogP contribution is -2.26. The first-order valence-electron chi connectivity index (χ1n) is 9.93. The fourth-order valence-electron chi connectivity index (χ4n) is 2.77. The summed E-state index contributed by atoms with van der Waals surface area (Å²) in [4.78, 5) is 12.6. The average Bonchev–Trinajstić information content (AvgIpc) is 2.84. The number of carbonyl (C=O) groups excluding carboxylic acids is 1. The van der Waals surface area contributed by atoms with E-state index in [0.717, 1.165) is 0 Å². The molecule has 12 heteroatoms. The Morgan fingerprint density at radius 3 is 2.38 bits per heavy atom. The molecule has 0 saturated heterocycles. The maximum absolute atomic E-state index is 12.8. The van der Waals surface area contributed by atoms with E-state index in [1.165, 1.54) is 38.5 Å². The number of aliphatic hydroxyl groups is 2. The Hall–Kier alpha value is -3.63. The van der Waals surface area contributed by atoms with Gasteiger partial charge in [0.05, 0.1) is 38.0 Å². The highest BCUT2D eigenvalue weighted by molar-refractivity contribution is 7.89. The number of aliphatic hydroxyl groups excluding tert-OH is 2. The zero-order chi connectivity index (χ0) is 25.1. The van der Waals surface area contributed by atoms with E-state index in [9.17, 15) is 18.5 Å². The summed E-state index contributed by atoms with van der Waals surface area (Å²) in [7, 11) is -1.17. The van der Waals surface area contributed by atoms with Crippen molar-refractivity contribution in [2.45, 2.75) is 4.90 Å². The summed E-state index contributed by atoms with van der Waals surface area (Å²) in [6.07, 6.45) is 1.32. The van der Waals surface area contributed by atoms with Crippen LogP contribution in [0.15, 0.2) is 46.9 Å². The molecule has 4 N–H and O–H groups in total. The molecular weight excluding hydrogens is 466 g/mol. The lowest BCUT2D eigenvalue weighted by atomic mass is 10.1. The van der Waals surface area contributed by atoms with Crippen LogP contribution in [0.3, 0.4) is 0 Å². The van der Waals surface area contributed by atoms with Crippen molar-refractivity contribution >= 4 is 27.7 Å². The van der Waals surface area contributed by atoms with Crippen LogP contribution in [-0.2, 0) is 14.8 Å². The van der Waals surface area contributed by atoms with E-state index < -0.39 is 15.9 Å². The van der Waals surface area contributed by atoms with Gasteiger partial charge in [0, 0.05) is 6.54 Å². The topological polar surface area (TPSA) is 167 Å². The largest absolute Gasteiger partial charge is 0.495 e. The smallest absolute Gasteiger partial charge is 0.266 e. The number of sulfonamides is 1. The Labute approximate surface area is 197 Å². The van der Waals surface area contributed by atoms with E-state index in [1.54, 1.807) is 18.2 Å². The Morgan fingerprint density at radius 1 is 1.06 bits per heavy atom. The minimum Gasteiger partial charge on any atom is -0.495 e. The van der Waals surface area contributed by atoms with Crippen LogP contribution >= 0.6 is 0 Å². The molecule has 182 valence electrons. The lowest BCUT2D eigenvalue weighted by Gasteiger charge is -2.13. The van der Waals surface area contributed by atoms with Gasteiger partial charge < -0.3 is 29.7 Å². The van der Waals surface area contributed by atoms with Crippen LogP contribution in [0.1, 0.15) is 5.56 Å². The number of hydrogen-bond donors (Lipinski definition) is 4. The van der Waals surface area contributed by atoms with Gasteiger partial charge in [-0.15, -0.1) is 0 Å². The second-order valence-electron chi connectivity index (χ2n) is 6.59. The highest BCUT2D eigenvalue weighted by atomic mass is 32.2. The first-order chi connectivity index (χ1) is 16.3.